The van der Waals surface area contributed by atoms with E-state index in [4.69, 9.17) is 19.7 Å². The van der Waals surface area contributed by atoms with Crippen LogP contribution >= 0.6 is 0 Å². The third kappa shape index (κ3) is 5.81. The topological polar surface area (TPSA) is 154 Å². The van der Waals surface area contributed by atoms with E-state index in [-0.39, 0.29) is 30.6 Å². The fraction of sp³-hybridized carbons (Fsp3) is 0.778. The summed E-state index contributed by atoms with van der Waals surface area (Å²) in [5.74, 6) is -1.17. The minimum Gasteiger partial charge on any atom is -0.481 e. The maximum absolute atomic E-state index is 11.9. The van der Waals surface area contributed by atoms with Gasteiger partial charge in [0.2, 0.25) is 0 Å². The molecule has 1 aliphatic carbocycles. The predicted molar refractivity (Wildman–Crippen MR) is 91.6 cm³/mol. The van der Waals surface area contributed by atoms with Crippen LogP contribution in [0.25, 0.3) is 0 Å². The molecule has 2 rings (SSSR count). The van der Waals surface area contributed by atoms with Crippen LogP contribution in [0.15, 0.2) is 12.2 Å². The van der Waals surface area contributed by atoms with Gasteiger partial charge in [0, 0.05) is 18.8 Å². The van der Waals surface area contributed by atoms with Crippen LogP contribution in [-0.4, -0.2) is 81.2 Å². The number of allylic oxidation sites excluding steroid dienone is 1. The summed E-state index contributed by atoms with van der Waals surface area (Å²) < 4.78 is 10.6. The van der Waals surface area contributed by atoms with Crippen molar-refractivity contribution in [1.82, 2.24) is 0 Å². The molecule has 7 atom stereocenters. The van der Waals surface area contributed by atoms with Crippen LogP contribution in [0, 0.1) is 11.8 Å². The van der Waals surface area contributed by atoms with E-state index in [1.54, 1.807) is 6.08 Å². The average molecular weight is 388 g/mol. The largest absolute Gasteiger partial charge is 0.481 e. The molecule has 9 nitrogen and oxygen atoms in total. The highest BCUT2D eigenvalue weighted by molar-refractivity contribution is 5.84. The van der Waals surface area contributed by atoms with Crippen LogP contribution in [0.1, 0.15) is 32.1 Å². The van der Waals surface area contributed by atoms with Gasteiger partial charge in [-0.1, -0.05) is 12.2 Å². The molecule has 9 heteroatoms. The van der Waals surface area contributed by atoms with Gasteiger partial charge in [-0.25, -0.2) is 0 Å². The molecule has 27 heavy (non-hydrogen) atoms. The molecule has 2 fully saturated rings. The first-order chi connectivity index (χ1) is 12.8. The van der Waals surface area contributed by atoms with Gasteiger partial charge in [0.15, 0.2) is 6.29 Å². The molecule has 0 aromatic rings. The first-order valence-corrected chi connectivity index (χ1v) is 9.16. The van der Waals surface area contributed by atoms with Crippen LogP contribution in [0.2, 0.25) is 0 Å². The molecule has 154 valence electrons. The molecule has 7 unspecified atom stereocenters. The Hall–Kier alpha value is -1.36. The second-order valence-electron chi connectivity index (χ2n) is 7.03. The molecule has 0 spiro atoms. The van der Waals surface area contributed by atoms with Gasteiger partial charge in [0.05, 0.1) is 13.2 Å². The first kappa shape index (κ1) is 21.9. The molecule has 1 heterocycles. The molecule has 1 saturated carbocycles. The minimum absolute atomic E-state index is 0.00443. The number of aliphatic hydroxyl groups excluding tert-OH is 4. The Balaban J connectivity index is 1.73. The van der Waals surface area contributed by atoms with Gasteiger partial charge in [-0.15, -0.1) is 0 Å². The summed E-state index contributed by atoms with van der Waals surface area (Å²) in [5.41, 5.74) is 0. The maximum Gasteiger partial charge on any atom is 0.303 e. The highest BCUT2D eigenvalue weighted by atomic mass is 16.7. The third-order valence-corrected chi connectivity index (χ3v) is 5.15. The number of aliphatic carboxylic acids is 1. The van der Waals surface area contributed by atoms with Gasteiger partial charge in [0.25, 0.3) is 0 Å². The number of Topliss-reactive ketones (excluding diaryl/α,β-unsaturated/α-hetero) is 1. The lowest BCUT2D eigenvalue weighted by molar-refractivity contribution is -0.300. The zero-order valence-electron chi connectivity index (χ0n) is 15.0. The zero-order chi connectivity index (χ0) is 20.0. The second-order valence-corrected chi connectivity index (χ2v) is 7.03. The van der Waals surface area contributed by atoms with Gasteiger partial charge in [-0.05, 0) is 25.2 Å². The molecule has 2 aliphatic rings. The fourth-order valence-electron chi connectivity index (χ4n) is 3.59. The molecule has 0 aromatic carbocycles. The van der Waals surface area contributed by atoms with E-state index >= 15 is 0 Å². The highest BCUT2D eigenvalue weighted by Gasteiger charge is 2.43. The minimum atomic E-state index is -1.48. The molecular weight excluding hydrogens is 360 g/mol. The number of aliphatic hydroxyl groups is 4. The van der Waals surface area contributed by atoms with Gasteiger partial charge in [-0.3, -0.25) is 9.59 Å². The summed E-state index contributed by atoms with van der Waals surface area (Å²) in [6.45, 7) is -0.353. The van der Waals surface area contributed by atoms with E-state index in [1.165, 1.54) is 0 Å². The van der Waals surface area contributed by atoms with Crippen molar-refractivity contribution >= 4 is 11.8 Å². The van der Waals surface area contributed by atoms with Gasteiger partial charge >= 0.3 is 5.97 Å². The highest BCUT2D eigenvalue weighted by Crippen LogP contribution is 2.34. The van der Waals surface area contributed by atoms with E-state index in [0.717, 1.165) is 0 Å². The summed E-state index contributed by atoms with van der Waals surface area (Å²) in [5, 5.41) is 47.3. The number of carbonyl (C=O) groups is 2. The van der Waals surface area contributed by atoms with Crippen molar-refractivity contribution < 1.29 is 44.6 Å². The number of hydrogen-bond donors (Lipinski definition) is 5. The molecule has 0 amide bonds. The third-order valence-electron chi connectivity index (χ3n) is 5.15. The van der Waals surface area contributed by atoms with Crippen molar-refractivity contribution in [1.29, 1.82) is 0 Å². The van der Waals surface area contributed by atoms with Gasteiger partial charge < -0.3 is 35.0 Å². The molecule has 5 N–H and O–H groups in total. The number of hydrogen-bond acceptors (Lipinski definition) is 8. The van der Waals surface area contributed by atoms with Crippen molar-refractivity contribution in [3.05, 3.63) is 12.2 Å². The summed E-state index contributed by atoms with van der Waals surface area (Å²) in [4.78, 5) is 22.7. The summed E-state index contributed by atoms with van der Waals surface area (Å²) in [6.07, 6.45) is -0.898. The Bertz CT molecular complexity index is 533. The number of ketones is 1. The summed E-state index contributed by atoms with van der Waals surface area (Å²) in [7, 11) is 0. The quantitative estimate of drug-likeness (QED) is 0.252. The Morgan fingerprint density at radius 1 is 1.19 bits per heavy atom. The molecule has 1 aliphatic heterocycles. The zero-order valence-corrected chi connectivity index (χ0v) is 15.0. The Morgan fingerprint density at radius 2 is 1.93 bits per heavy atom. The smallest absolute Gasteiger partial charge is 0.303 e. The fourth-order valence-corrected chi connectivity index (χ4v) is 3.59. The SMILES string of the molecule is O=C(O)CC1CCC(=O)C1CC=CCCOC1OC(CO)C(O)C(O)C1O. The number of ether oxygens (including phenoxy) is 2. The van der Waals surface area contributed by atoms with Crippen LogP contribution in [0.4, 0.5) is 0 Å². The van der Waals surface area contributed by atoms with Crippen molar-refractivity contribution in [3.8, 4) is 0 Å². The number of carboxylic acids is 1. The molecule has 0 radical (unpaired) electrons. The Kier molecular flexibility index (Phi) is 8.33. The Labute approximate surface area is 157 Å². The molecule has 1 saturated heterocycles. The van der Waals surface area contributed by atoms with Gasteiger partial charge in [0.1, 0.15) is 30.2 Å². The van der Waals surface area contributed by atoms with Gasteiger partial charge in [-0.2, -0.15) is 0 Å². The monoisotopic (exact) mass is 388 g/mol. The number of rotatable bonds is 9. The van der Waals surface area contributed by atoms with E-state index in [1.807, 2.05) is 6.08 Å². The Morgan fingerprint density at radius 3 is 2.59 bits per heavy atom. The van der Waals surface area contributed by atoms with Crippen LogP contribution < -0.4 is 0 Å². The lowest BCUT2D eigenvalue weighted by atomic mass is 9.89. The second kappa shape index (κ2) is 10.3. The predicted octanol–water partition coefficient (Wildman–Crippen LogP) is -0.791. The number of carbonyl (C=O) groups excluding carboxylic acids is 1. The van der Waals surface area contributed by atoms with Crippen LogP contribution in [0.3, 0.4) is 0 Å². The van der Waals surface area contributed by atoms with E-state index < -0.39 is 43.3 Å². The summed E-state index contributed by atoms with van der Waals surface area (Å²) >= 11 is 0. The van der Waals surface area contributed by atoms with Crippen LogP contribution in [-0.2, 0) is 19.1 Å². The first-order valence-electron chi connectivity index (χ1n) is 9.16. The van der Waals surface area contributed by atoms with E-state index in [0.29, 0.717) is 25.7 Å². The number of carboxylic acid groups (broad SMARTS) is 1. The lowest BCUT2D eigenvalue weighted by Gasteiger charge is -2.39. The van der Waals surface area contributed by atoms with E-state index in [9.17, 15) is 24.9 Å². The maximum atomic E-state index is 11.9. The molecular formula is C18H28O9. The summed E-state index contributed by atoms with van der Waals surface area (Å²) in [6, 6.07) is 0. The molecule has 0 bridgehead atoms. The standard InChI is InChI=1S/C18H28O9/c19-9-13-15(23)16(24)17(25)18(27-13)26-7-3-1-2-4-11-10(8-14(21)22)5-6-12(11)20/h1-2,10-11,13,15-19,23-25H,3-9H2,(H,21,22). The normalized spacial score (nSPS) is 37.2. The van der Waals surface area contributed by atoms with Crippen LogP contribution in [0.5, 0.6) is 0 Å². The van der Waals surface area contributed by atoms with Crippen molar-refractivity contribution in [3.63, 3.8) is 0 Å². The van der Waals surface area contributed by atoms with E-state index in [2.05, 4.69) is 0 Å². The van der Waals surface area contributed by atoms with Crippen molar-refractivity contribution in [2.24, 2.45) is 11.8 Å². The lowest BCUT2D eigenvalue weighted by Crippen LogP contribution is -2.59. The average Bonchev–Trinajstić information content (AvgIpc) is 2.96. The van der Waals surface area contributed by atoms with Crippen molar-refractivity contribution in [2.75, 3.05) is 13.2 Å². The van der Waals surface area contributed by atoms with Crippen molar-refractivity contribution in [2.45, 2.75) is 62.8 Å². The molecule has 0 aromatic heterocycles.